The number of thiocarbonyl (C=S) groups is 1. The number of halogens is 1. The molecule has 11 nitrogen and oxygen atoms in total. The molecule has 2 aromatic rings. The number of nitrogens with one attached hydrogen (secondary N) is 2. The molecule has 0 aliphatic carbocycles. The van der Waals surface area contributed by atoms with Crippen molar-refractivity contribution in [1.82, 2.24) is 15.5 Å². The summed E-state index contributed by atoms with van der Waals surface area (Å²) in [4.78, 5) is 52.2. The van der Waals surface area contributed by atoms with E-state index < -0.39 is 46.1 Å². The van der Waals surface area contributed by atoms with E-state index in [-0.39, 0.29) is 30.1 Å². The number of rotatable bonds is 8. The molecule has 13 heteroatoms. The molecule has 1 fully saturated rings. The van der Waals surface area contributed by atoms with Gasteiger partial charge >= 0.3 is 12.0 Å². The van der Waals surface area contributed by atoms with Crippen molar-refractivity contribution in [1.29, 1.82) is 5.26 Å². The van der Waals surface area contributed by atoms with Crippen LogP contribution in [0.2, 0.25) is 5.02 Å². The van der Waals surface area contributed by atoms with Gasteiger partial charge in [-0.2, -0.15) is 5.26 Å². The summed E-state index contributed by atoms with van der Waals surface area (Å²) in [7, 11) is 0. The number of benzene rings is 2. The predicted molar refractivity (Wildman–Crippen MR) is 160 cm³/mol. The molecular formula is C29H32ClN5O6S. The van der Waals surface area contributed by atoms with Crippen molar-refractivity contribution >= 4 is 52.4 Å². The smallest absolute Gasteiger partial charge is 0.345 e. The van der Waals surface area contributed by atoms with Crippen LogP contribution in [0.5, 0.6) is 0 Å². The van der Waals surface area contributed by atoms with Gasteiger partial charge in [-0.25, -0.2) is 9.59 Å². The number of esters is 1. The van der Waals surface area contributed by atoms with Gasteiger partial charge < -0.3 is 15.4 Å². The third-order valence-corrected chi connectivity index (χ3v) is 6.99. The van der Waals surface area contributed by atoms with Crippen LogP contribution >= 0.6 is 23.8 Å². The zero-order valence-corrected chi connectivity index (χ0v) is 25.3. The molecule has 3 rings (SSSR count). The van der Waals surface area contributed by atoms with Gasteiger partial charge in [-0.15, -0.1) is 0 Å². The summed E-state index contributed by atoms with van der Waals surface area (Å²) < 4.78 is 5.31. The Bertz CT molecular complexity index is 1450. The third-order valence-electron chi connectivity index (χ3n) is 6.48. The van der Waals surface area contributed by atoms with Crippen LogP contribution in [-0.4, -0.2) is 51.4 Å². The molecule has 2 atom stereocenters. The molecule has 3 amide bonds. The fraction of sp³-hybridized carbons (Fsp3) is 0.414. The Morgan fingerprint density at radius 2 is 2.02 bits per heavy atom. The maximum Gasteiger partial charge on any atom is 0.345 e. The molecule has 0 saturated carbocycles. The Morgan fingerprint density at radius 1 is 1.31 bits per heavy atom. The summed E-state index contributed by atoms with van der Waals surface area (Å²) in [5.74, 6) is -2.05. The summed E-state index contributed by atoms with van der Waals surface area (Å²) in [5.41, 5.74) is -0.184. The topological polar surface area (TPSA) is 155 Å². The first-order valence-electron chi connectivity index (χ1n) is 13.3. The molecule has 1 saturated heterocycles. The Morgan fingerprint density at radius 3 is 2.64 bits per heavy atom. The van der Waals surface area contributed by atoms with E-state index in [4.69, 9.17) is 28.6 Å². The normalized spacial score (nSPS) is 16.1. The molecule has 0 unspecified atom stereocenters. The minimum atomic E-state index is -0.849. The highest BCUT2D eigenvalue weighted by atomic mass is 35.5. The number of ether oxygens (including phenoxy) is 1. The fourth-order valence-electron chi connectivity index (χ4n) is 4.52. The van der Waals surface area contributed by atoms with Gasteiger partial charge in [-0.3, -0.25) is 19.8 Å². The van der Waals surface area contributed by atoms with E-state index in [2.05, 4.69) is 16.7 Å². The Labute approximate surface area is 254 Å². The Hall–Kier alpha value is -4.08. The second-order valence-corrected chi connectivity index (χ2v) is 11.8. The molecule has 0 spiro atoms. The number of urea groups is 1. The lowest BCUT2D eigenvalue weighted by molar-refractivity contribution is -0.385. The highest BCUT2D eigenvalue weighted by Crippen LogP contribution is 2.29. The van der Waals surface area contributed by atoms with Gasteiger partial charge in [-0.05, 0) is 69.0 Å². The SMILES string of the molecule is CCC[C@@H](NC(=O)N1CC(=S)NC[C@@H](Cc2cc(Cl)ccc2C#N)C1=O)c1ccc(C(=O)OC(C)(C)C)c([N+](=O)[O-])c1. The number of imide groups is 1. The second-order valence-electron chi connectivity index (χ2n) is 10.9. The summed E-state index contributed by atoms with van der Waals surface area (Å²) in [5, 5.41) is 27.6. The van der Waals surface area contributed by atoms with Crippen LogP contribution in [0, 0.1) is 27.4 Å². The number of nitriles is 1. The molecule has 0 radical (unpaired) electrons. The first kappa shape index (κ1) is 32.4. The van der Waals surface area contributed by atoms with Crippen molar-refractivity contribution in [3.8, 4) is 6.07 Å². The number of nitrogens with zero attached hydrogens (tertiary/aromatic N) is 3. The van der Waals surface area contributed by atoms with Crippen LogP contribution in [0.4, 0.5) is 10.5 Å². The average molecular weight is 614 g/mol. The lowest BCUT2D eigenvalue weighted by Crippen LogP contribution is -2.48. The van der Waals surface area contributed by atoms with Crippen LogP contribution in [0.1, 0.15) is 73.6 Å². The van der Waals surface area contributed by atoms with Crippen molar-refractivity contribution in [2.75, 3.05) is 13.1 Å². The van der Waals surface area contributed by atoms with Crippen LogP contribution in [0.25, 0.3) is 0 Å². The molecular weight excluding hydrogens is 582 g/mol. The summed E-state index contributed by atoms with van der Waals surface area (Å²) in [6, 6.07) is 9.51. The molecule has 0 bridgehead atoms. The molecule has 2 aromatic carbocycles. The van der Waals surface area contributed by atoms with E-state index in [1.807, 2.05) is 6.92 Å². The van der Waals surface area contributed by atoms with Crippen molar-refractivity contribution < 1.29 is 24.0 Å². The van der Waals surface area contributed by atoms with Crippen molar-refractivity contribution in [2.45, 2.75) is 58.6 Å². The lowest BCUT2D eigenvalue weighted by Gasteiger charge is -2.26. The van der Waals surface area contributed by atoms with Gasteiger partial charge in [0.05, 0.1) is 40.0 Å². The molecule has 0 aromatic heterocycles. The molecule has 222 valence electrons. The van der Waals surface area contributed by atoms with Crippen molar-refractivity contribution in [3.63, 3.8) is 0 Å². The van der Waals surface area contributed by atoms with E-state index in [1.165, 1.54) is 18.2 Å². The number of carbonyl (C=O) groups excluding carboxylic acids is 3. The minimum absolute atomic E-state index is 0.151. The van der Waals surface area contributed by atoms with E-state index in [0.717, 1.165) is 4.90 Å². The van der Waals surface area contributed by atoms with Gasteiger partial charge in [0.2, 0.25) is 5.91 Å². The van der Waals surface area contributed by atoms with Crippen LogP contribution < -0.4 is 10.6 Å². The van der Waals surface area contributed by atoms with E-state index in [9.17, 15) is 29.8 Å². The monoisotopic (exact) mass is 613 g/mol. The largest absolute Gasteiger partial charge is 0.456 e. The molecule has 42 heavy (non-hydrogen) atoms. The maximum atomic E-state index is 13.6. The van der Waals surface area contributed by atoms with Gasteiger partial charge in [0, 0.05) is 17.6 Å². The summed E-state index contributed by atoms with van der Waals surface area (Å²) in [6.45, 7) is 6.86. The Balaban J connectivity index is 1.88. The number of hydrogen-bond acceptors (Lipinski definition) is 8. The number of nitro groups is 1. The number of hydrogen-bond donors (Lipinski definition) is 2. The third kappa shape index (κ3) is 8.24. The lowest BCUT2D eigenvalue weighted by atomic mass is 9.95. The maximum absolute atomic E-state index is 13.6. The number of nitro benzene ring substituents is 1. The number of carbonyl (C=O) groups is 3. The Kier molecular flexibility index (Phi) is 10.6. The highest BCUT2D eigenvalue weighted by Gasteiger charge is 2.35. The summed E-state index contributed by atoms with van der Waals surface area (Å²) in [6.07, 6.45) is 1.16. The van der Waals surface area contributed by atoms with Crippen molar-refractivity contribution in [2.24, 2.45) is 5.92 Å². The molecule has 2 N–H and O–H groups in total. The minimum Gasteiger partial charge on any atom is -0.456 e. The second kappa shape index (κ2) is 13.7. The van der Waals surface area contributed by atoms with Crippen LogP contribution in [0.15, 0.2) is 36.4 Å². The van der Waals surface area contributed by atoms with Gasteiger partial charge in [0.15, 0.2) is 0 Å². The van der Waals surface area contributed by atoms with E-state index >= 15 is 0 Å². The predicted octanol–water partition coefficient (Wildman–Crippen LogP) is 5.24. The molecule has 1 aliphatic rings. The average Bonchev–Trinajstić information content (AvgIpc) is 3.05. The van der Waals surface area contributed by atoms with E-state index in [0.29, 0.717) is 34.6 Å². The first-order chi connectivity index (χ1) is 19.7. The molecule has 1 aliphatic heterocycles. The van der Waals surface area contributed by atoms with Gasteiger partial charge in [0.1, 0.15) is 11.2 Å². The zero-order valence-electron chi connectivity index (χ0n) is 23.7. The van der Waals surface area contributed by atoms with Crippen LogP contribution in [-0.2, 0) is 16.0 Å². The zero-order chi connectivity index (χ0) is 31.2. The van der Waals surface area contributed by atoms with Crippen LogP contribution in [0.3, 0.4) is 0 Å². The van der Waals surface area contributed by atoms with Crippen molar-refractivity contribution in [3.05, 3.63) is 73.8 Å². The first-order valence-corrected chi connectivity index (χ1v) is 14.1. The van der Waals surface area contributed by atoms with E-state index in [1.54, 1.807) is 39.0 Å². The standard InChI is InChI=1S/C29H32ClN5O6S/c1-5-6-23(17-8-10-22(24(13-17)35(39)40)27(37)41-29(2,3)4)33-28(38)34-16-25(42)32-15-20(26(34)36)11-19-12-21(30)9-7-18(19)14-31/h7-10,12-13,20,23H,5-6,11,15-16H2,1-4H3,(H,32,42)(H,33,38)/t20-,23-/m1/s1. The van der Waals surface area contributed by atoms with Gasteiger partial charge in [-0.1, -0.05) is 43.2 Å². The molecule has 1 heterocycles. The fourth-order valence-corrected chi connectivity index (χ4v) is 4.93. The quantitative estimate of drug-likeness (QED) is 0.176. The van der Waals surface area contributed by atoms with Gasteiger partial charge in [0.25, 0.3) is 5.69 Å². The number of amides is 3. The highest BCUT2D eigenvalue weighted by molar-refractivity contribution is 7.80. The summed E-state index contributed by atoms with van der Waals surface area (Å²) >= 11 is 11.5.